The van der Waals surface area contributed by atoms with E-state index in [4.69, 9.17) is 25.6 Å². The van der Waals surface area contributed by atoms with Crippen LogP contribution in [0.2, 0.25) is 0 Å². The van der Waals surface area contributed by atoms with Gasteiger partial charge in [0, 0.05) is 6.66 Å². The maximum Gasteiger partial charge on any atom is 0.185 e. The van der Waals surface area contributed by atoms with Crippen LogP contribution in [0.5, 0.6) is 0 Å². The smallest absolute Gasteiger partial charge is 0.185 e. The first-order chi connectivity index (χ1) is 4.71. The van der Waals surface area contributed by atoms with Gasteiger partial charge in [-0.05, 0) is 11.8 Å². The fourth-order valence-electron chi connectivity index (χ4n) is 0.663. The molecule has 0 aromatic heterocycles. The lowest BCUT2D eigenvalue weighted by Gasteiger charge is -2.20. The van der Waals surface area contributed by atoms with E-state index in [9.17, 15) is 0 Å². The van der Waals surface area contributed by atoms with Crippen LogP contribution < -0.4 is 0 Å². The molecule has 0 N–H and O–H groups in total. The van der Waals surface area contributed by atoms with E-state index in [-0.39, 0.29) is 0 Å². The molecule has 5 heteroatoms. The van der Waals surface area contributed by atoms with Gasteiger partial charge in [-0.25, -0.2) is 0 Å². The second-order valence-corrected chi connectivity index (χ2v) is 6.10. The van der Waals surface area contributed by atoms with Crippen molar-refractivity contribution in [2.24, 2.45) is 0 Å². The summed E-state index contributed by atoms with van der Waals surface area (Å²) in [6, 6.07) is 0. The highest BCUT2D eigenvalue weighted by atomic mass is 32.5. The standard InChI is InChI=1S/C5H11O3PS/c1-9(10)7-4-2-6-3-5-8-9/h2-5H2,1H3. The normalized spacial score (nSPS) is 26.9. The van der Waals surface area contributed by atoms with Crippen LogP contribution in [0.1, 0.15) is 0 Å². The molecule has 60 valence electrons. The molecule has 0 atom stereocenters. The molecule has 3 nitrogen and oxygen atoms in total. The van der Waals surface area contributed by atoms with Gasteiger partial charge in [0.25, 0.3) is 0 Å². The fourth-order valence-corrected chi connectivity index (χ4v) is 2.00. The predicted molar refractivity (Wildman–Crippen MR) is 42.9 cm³/mol. The van der Waals surface area contributed by atoms with Crippen LogP contribution in [0.3, 0.4) is 0 Å². The Morgan fingerprint density at radius 3 is 2.10 bits per heavy atom. The molecule has 1 aliphatic heterocycles. The molecule has 1 aliphatic rings. The summed E-state index contributed by atoms with van der Waals surface area (Å²) >= 11 is 5.05. The third-order valence-electron chi connectivity index (χ3n) is 1.11. The molecule has 1 saturated heterocycles. The van der Waals surface area contributed by atoms with Gasteiger partial charge in [0.2, 0.25) is 0 Å². The van der Waals surface area contributed by atoms with Crippen molar-refractivity contribution in [2.75, 3.05) is 33.1 Å². The van der Waals surface area contributed by atoms with Crippen LogP contribution in [0.25, 0.3) is 0 Å². The van der Waals surface area contributed by atoms with Gasteiger partial charge in [-0.2, -0.15) is 0 Å². The molecule has 0 aliphatic carbocycles. The van der Waals surface area contributed by atoms with Gasteiger partial charge in [0.15, 0.2) is 6.49 Å². The number of ether oxygens (including phenoxy) is 1. The van der Waals surface area contributed by atoms with E-state index >= 15 is 0 Å². The van der Waals surface area contributed by atoms with Crippen molar-refractivity contribution in [1.82, 2.24) is 0 Å². The minimum absolute atomic E-state index is 0.563. The van der Waals surface area contributed by atoms with E-state index in [2.05, 4.69) is 0 Å². The monoisotopic (exact) mass is 182 g/mol. The van der Waals surface area contributed by atoms with Crippen LogP contribution in [-0.2, 0) is 25.6 Å². The molecule has 0 spiro atoms. The maximum atomic E-state index is 5.25. The summed E-state index contributed by atoms with van der Waals surface area (Å²) in [5.74, 6) is 0. The highest BCUT2D eigenvalue weighted by Crippen LogP contribution is 2.44. The molecule has 1 rings (SSSR count). The van der Waals surface area contributed by atoms with Gasteiger partial charge in [-0.15, -0.1) is 0 Å². The molecule has 0 saturated carbocycles. The topological polar surface area (TPSA) is 27.7 Å². The molecule has 0 unspecified atom stereocenters. The van der Waals surface area contributed by atoms with Gasteiger partial charge < -0.3 is 13.8 Å². The van der Waals surface area contributed by atoms with Crippen molar-refractivity contribution in [2.45, 2.75) is 0 Å². The van der Waals surface area contributed by atoms with E-state index < -0.39 is 6.49 Å². The van der Waals surface area contributed by atoms with E-state index in [0.29, 0.717) is 26.4 Å². The molecule has 0 amide bonds. The van der Waals surface area contributed by atoms with E-state index in [0.717, 1.165) is 0 Å². The average molecular weight is 182 g/mol. The molecule has 0 radical (unpaired) electrons. The van der Waals surface area contributed by atoms with Gasteiger partial charge >= 0.3 is 0 Å². The SMILES string of the molecule is CP1(=S)OCCOCCO1. The summed E-state index contributed by atoms with van der Waals surface area (Å²) in [5, 5.41) is 0. The molecule has 0 bridgehead atoms. The maximum absolute atomic E-state index is 5.25. The Labute approximate surface area is 65.8 Å². The largest absolute Gasteiger partial charge is 0.377 e. The zero-order valence-corrected chi connectivity index (χ0v) is 7.62. The Hall–Kier alpha value is 0.530. The zero-order chi connectivity index (χ0) is 7.45. The number of hydrogen-bond donors (Lipinski definition) is 0. The molecular weight excluding hydrogens is 171 g/mol. The first kappa shape index (κ1) is 8.62. The third-order valence-corrected chi connectivity index (χ3v) is 3.04. The van der Waals surface area contributed by atoms with Crippen molar-refractivity contribution < 1.29 is 13.8 Å². The van der Waals surface area contributed by atoms with Crippen molar-refractivity contribution in [1.29, 1.82) is 0 Å². The van der Waals surface area contributed by atoms with E-state index in [1.54, 1.807) is 0 Å². The number of rotatable bonds is 0. The van der Waals surface area contributed by atoms with Crippen LogP contribution in [-0.4, -0.2) is 33.1 Å². The second kappa shape index (κ2) is 3.79. The van der Waals surface area contributed by atoms with Crippen LogP contribution in [0, 0.1) is 0 Å². The highest BCUT2D eigenvalue weighted by molar-refractivity contribution is 8.09. The minimum Gasteiger partial charge on any atom is -0.377 e. The van der Waals surface area contributed by atoms with Crippen LogP contribution >= 0.6 is 6.49 Å². The summed E-state index contributed by atoms with van der Waals surface area (Å²) < 4.78 is 15.6. The molecule has 0 aromatic rings. The second-order valence-electron chi connectivity index (χ2n) is 2.05. The molecule has 0 aromatic carbocycles. The molecule has 1 fully saturated rings. The van der Waals surface area contributed by atoms with E-state index in [1.165, 1.54) is 0 Å². The molecule has 10 heavy (non-hydrogen) atoms. The summed E-state index contributed by atoms with van der Waals surface area (Å²) in [7, 11) is 0. The van der Waals surface area contributed by atoms with E-state index in [1.807, 2.05) is 6.66 Å². The Kier molecular flexibility index (Phi) is 3.27. The lowest BCUT2D eigenvalue weighted by molar-refractivity contribution is 0.0538. The molecular formula is C5H11O3PS. The zero-order valence-electron chi connectivity index (χ0n) is 5.91. The highest BCUT2D eigenvalue weighted by Gasteiger charge is 2.12. The summed E-state index contributed by atoms with van der Waals surface area (Å²) in [5.41, 5.74) is 0. The Bertz CT molecular complexity index is 138. The first-order valence-electron chi connectivity index (χ1n) is 3.15. The summed E-state index contributed by atoms with van der Waals surface area (Å²) in [4.78, 5) is 0. The Morgan fingerprint density at radius 1 is 1.10 bits per heavy atom. The third kappa shape index (κ3) is 3.08. The van der Waals surface area contributed by atoms with Gasteiger partial charge in [0.1, 0.15) is 0 Å². The lowest BCUT2D eigenvalue weighted by atomic mass is 10.7. The van der Waals surface area contributed by atoms with Gasteiger partial charge in [0.05, 0.1) is 26.4 Å². The van der Waals surface area contributed by atoms with Crippen molar-refractivity contribution in [3.05, 3.63) is 0 Å². The Morgan fingerprint density at radius 2 is 1.60 bits per heavy atom. The summed E-state index contributed by atoms with van der Waals surface area (Å²) in [6.45, 7) is 2.33. The number of hydrogen-bond acceptors (Lipinski definition) is 4. The molecule has 1 heterocycles. The van der Waals surface area contributed by atoms with Crippen molar-refractivity contribution >= 4 is 18.3 Å². The van der Waals surface area contributed by atoms with Crippen molar-refractivity contribution in [3.63, 3.8) is 0 Å². The van der Waals surface area contributed by atoms with Gasteiger partial charge in [-0.1, -0.05) is 0 Å². The summed E-state index contributed by atoms with van der Waals surface area (Å²) in [6.07, 6.45) is 0. The first-order valence-corrected chi connectivity index (χ1v) is 6.23. The quantitative estimate of drug-likeness (QED) is 0.522. The predicted octanol–water partition coefficient (Wildman–Crippen LogP) is 0.989. The fraction of sp³-hybridized carbons (Fsp3) is 1.00. The Balaban J connectivity index is 2.38. The van der Waals surface area contributed by atoms with Crippen LogP contribution in [0.15, 0.2) is 0 Å². The van der Waals surface area contributed by atoms with Crippen molar-refractivity contribution in [3.8, 4) is 0 Å². The lowest BCUT2D eigenvalue weighted by Crippen LogP contribution is -2.12. The average Bonchev–Trinajstić information content (AvgIpc) is 1.81. The van der Waals surface area contributed by atoms with Crippen LogP contribution in [0.4, 0.5) is 0 Å². The van der Waals surface area contributed by atoms with Gasteiger partial charge in [-0.3, -0.25) is 0 Å². The minimum atomic E-state index is -1.90.